The number of likely N-dealkylation sites (tertiary alicyclic amines) is 1. The molecule has 1 aliphatic heterocycles. The SMILES string of the molecule is COc1ccccc1-c1nc([C@@H]2CCCN(C(=O)Nc3ccc(N(C)C)cc3)C2)n2ccccc12. The average molecular weight is 470 g/mol. The van der Waals surface area contributed by atoms with Gasteiger partial charge in [-0.15, -0.1) is 0 Å². The lowest BCUT2D eigenvalue weighted by Crippen LogP contribution is -2.42. The molecule has 35 heavy (non-hydrogen) atoms. The molecule has 2 aromatic heterocycles. The van der Waals surface area contributed by atoms with Gasteiger partial charge in [-0.05, 0) is 61.4 Å². The summed E-state index contributed by atoms with van der Waals surface area (Å²) >= 11 is 0. The van der Waals surface area contributed by atoms with Gasteiger partial charge in [-0.2, -0.15) is 0 Å². The Kier molecular flexibility index (Phi) is 6.31. The third-order valence-electron chi connectivity index (χ3n) is 6.65. The molecule has 180 valence electrons. The Balaban J connectivity index is 1.40. The van der Waals surface area contributed by atoms with Crippen LogP contribution in [0.15, 0.2) is 72.9 Å². The molecule has 0 aliphatic carbocycles. The number of imidazole rings is 1. The van der Waals surface area contributed by atoms with Crippen molar-refractivity contribution in [1.82, 2.24) is 14.3 Å². The highest BCUT2D eigenvalue weighted by atomic mass is 16.5. The molecule has 1 fully saturated rings. The van der Waals surface area contributed by atoms with Gasteiger partial charge in [0.15, 0.2) is 0 Å². The monoisotopic (exact) mass is 469 g/mol. The van der Waals surface area contributed by atoms with Crippen LogP contribution in [0.3, 0.4) is 0 Å². The molecule has 0 bridgehead atoms. The zero-order chi connectivity index (χ0) is 24.4. The number of ether oxygens (including phenoxy) is 1. The highest BCUT2D eigenvalue weighted by Gasteiger charge is 2.29. The molecular weight excluding hydrogens is 438 g/mol. The van der Waals surface area contributed by atoms with Crippen molar-refractivity contribution in [3.8, 4) is 17.0 Å². The van der Waals surface area contributed by atoms with Crippen LogP contribution in [0.5, 0.6) is 5.75 Å². The molecule has 4 aromatic rings. The first-order valence-corrected chi connectivity index (χ1v) is 12.0. The summed E-state index contributed by atoms with van der Waals surface area (Å²) in [5.41, 5.74) is 4.80. The first kappa shape index (κ1) is 22.8. The van der Waals surface area contributed by atoms with Crippen molar-refractivity contribution >= 4 is 22.9 Å². The quantitative estimate of drug-likeness (QED) is 0.420. The molecule has 7 nitrogen and oxygen atoms in total. The Labute approximate surface area is 206 Å². The molecule has 1 N–H and O–H groups in total. The van der Waals surface area contributed by atoms with Gasteiger partial charge in [0, 0.05) is 56.2 Å². The minimum Gasteiger partial charge on any atom is -0.496 e. The van der Waals surface area contributed by atoms with Crippen molar-refractivity contribution in [1.29, 1.82) is 0 Å². The Morgan fingerprint density at radius 3 is 2.60 bits per heavy atom. The summed E-state index contributed by atoms with van der Waals surface area (Å²) in [6.45, 7) is 1.36. The Morgan fingerprint density at radius 1 is 1.06 bits per heavy atom. The summed E-state index contributed by atoms with van der Waals surface area (Å²) in [5, 5.41) is 3.06. The van der Waals surface area contributed by atoms with E-state index in [4.69, 9.17) is 9.72 Å². The number of rotatable bonds is 5. The van der Waals surface area contributed by atoms with Crippen LogP contribution >= 0.6 is 0 Å². The number of nitrogens with zero attached hydrogens (tertiary/aromatic N) is 4. The summed E-state index contributed by atoms with van der Waals surface area (Å²) in [6, 6.07) is 21.9. The molecule has 0 saturated carbocycles. The number of aromatic nitrogens is 2. The highest BCUT2D eigenvalue weighted by Crippen LogP contribution is 2.36. The van der Waals surface area contributed by atoms with Crippen molar-refractivity contribution in [2.75, 3.05) is 44.5 Å². The Hall–Kier alpha value is -4.00. The number of piperidine rings is 1. The predicted molar refractivity (Wildman–Crippen MR) is 141 cm³/mol. The van der Waals surface area contributed by atoms with Crippen LogP contribution in [0.25, 0.3) is 16.8 Å². The van der Waals surface area contributed by atoms with Crippen molar-refractivity contribution in [3.05, 3.63) is 78.8 Å². The first-order valence-electron chi connectivity index (χ1n) is 12.0. The molecule has 2 amide bonds. The summed E-state index contributed by atoms with van der Waals surface area (Å²) in [5.74, 6) is 1.92. The van der Waals surface area contributed by atoms with Gasteiger partial charge < -0.3 is 24.3 Å². The highest BCUT2D eigenvalue weighted by molar-refractivity contribution is 5.89. The molecule has 0 spiro atoms. The molecule has 0 radical (unpaired) electrons. The van der Waals surface area contributed by atoms with Gasteiger partial charge in [0.25, 0.3) is 0 Å². The van der Waals surface area contributed by atoms with E-state index >= 15 is 0 Å². The van der Waals surface area contributed by atoms with Crippen LogP contribution in [0, 0.1) is 0 Å². The molecule has 1 atom stereocenters. The van der Waals surface area contributed by atoms with Crippen molar-refractivity contribution in [3.63, 3.8) is 0 Å². The molecule has 5 rings (SSSR count). The van der Waals surface area contributed by atoms with Gasteiger partial charge in [-0.3, -0.25) is 0 Å². The van der Waals surface area contributed by atoms with Gasteiger partial charge in [-0.25, -0.2) is 9.78 Å². The van der Waals surface area contributed by atoms with E-state index in [1.807, 2.05) is 84.6 Å². The van der Waals surface area contributed by atoms with E-state index in [1.165, 1.54) is 0 Å². The van der Waals surface area contributed by atoms with E-state index in [2.05, 4.69) is 22.0 Å². The minimum absolute atomic E-state index is 0.0712. The molecule has 7 heteroatoms. The summed E-state index contributed by atoms with van der Waals surface area (Å²) < 4.78 is 7.78. The number of hydrogen-bond acceptors (Lipinski definition) is 4. The van der Waals surface area contributed by atoms with E-state index in [9.17, 15) is 4.79 Å². The van der Waals surface area contributed by atoms with Gasteiger partial charge in [-0.1, -0.05) is 18.2 Å². The van der Waals surface area contributed by atoms with Crippen molar-refractivity contribution < 1.29 is 9.53 Å². The van der Waals surface area contributed by atoms with Gasteiger partial charge in [0.05, 0.1) is 12.6 Å². The Bertz CT molecular complexity index is 1330. The number of amides is 2. The summed E-state index contributed by atoms with van der Waals surface area (Å²) in [7, 11) is 5.68. The molecular formula is C28H31N5O2. The van der Waals surface area contributed by atoms with Gasteiger partial charge >= 0.3 is 6.03 Å². The zero-order valence-corrected chi connectivity index (χ0v) is 20.4. The van der Waals surface area contributed by atoms with Crippen LogP contribution in [-0.4, -0.2) is 54.6 Å². The maximum Gasteiger partial charge on any atom is 0.321 e. The van der Waals surface area contributed by atoms with E-state index in [-0.39, 0.29) is 11.9 Å². The van der Waals surface area contributed by atoms with Crippen LogP contribution in [0.4, 0.5) is 16.2 Å². The number of fused-ring (bicyclic) bond motifs is 1. The van der Waals surface area contributed by atoms with Crippen LogP contribution in [0.1, 0.15) is 24.6 Å². The fourth-order valence-electron chi connectivity index (χ4n) is 4.81. The summed E-state index contributed by atoms with van der Waals surface area (Å²) in [4.78, 5) is 22.2. The number of pyridine rings is 1. The normalized spacial score (nSPS) is 15.7. The largest absolute Gasteiger partial charge is 0.496 e. The molecule has 0 unspecified atom stereocenters. The van der Waals surface area contributed by atoms with Crippen LogP contribution in [0.2, 0.25) is 0 Å². The number of para-hydroxylation sites is 1. The lowest BCUT2D eigenvalue weighted by Gasteiger charge is -2.32. The number of carbonyl (C=O) groups is 1. The van der Waals surface area contributed by atoms with Gasteiger partial charge in [0.1, 0.15) is 17.3 Å². The minimum atomic E-state index is -0.0712. The first-order chi connectivity index (χ1) is 17.0. The second-order valence-corrected chi connectivity index (χ2v) is 9.13. The number of urea groups is 1. The molecule has 1 saturated heterocycles. The maximum atomic E-state index is 13.1. The molecule has 3 heterocycles. The van der Waals surface area contributed by atoms with Gasteiger partial charge in [0.2, 0.25) is 0 Å². The standard InChI is InChI=1S/C28H31N5O2/c1-31(2)22-15-13-21(14-16-22)29-28(34)32-17-8-9-20(19-32)27-30-26(24-11-6-7-18-33(24)27)23-10-4-5-12-25(23)35-3/h4-7,10-16,18,20H,8-9,17,19H2,1-3H3,(H,29,34)/t20-/m1/s1. The molecule has 1 aliphatic rings. The topological polar surface area (TPSA) is 62.1 Å². The Morgan fingerprint density at radius 2 is 1.83 bits per heavy atom. The maximum absolute atomic E-state index is 13.1. The second-order valence-electron chi connectivity index (χ2n) is 9.13. The second kappa shape index (κ2) is 9.70. The lowest BCUT2D eigenvalue weighted by atomic mass is 9.97. The third-order valence-corrected chi connectivity index (χ3v) is 6.65. The smallest absolute Gasteiger partial charge is 0.321 e. The number of anilines is 2. The van der Waals surface area contributed by atoms with Crippen molar-refractivity contribution in [2.45, 2.75) is 18.8 Å². The van der Waals surface area contributed by atoms with E-state index in [0.29, 0.717) is 6.54 Å². The number of nitrogens with one attached hydrogen (secondary N) is 1. The zero-order valence-electron chi connectivity index (χ0n) is 20.4. The third kappa shape index (κ3) is 4.54. The number of hydrogen-bond donors (Lipinski definition) is 1. The number of benzene rings is 2. The fraction of sp³-hybridized carbons (Fsp3) is 0.286. The lowest BCUT2D eigenvalue weighted by molar-refractivity contribution is 0.191. The van der Waals surface area contributed by atoms with E-state index in [0.717, 1.165) is 59.1 Å². The van der Waals surface area contributed by atoms with E-state index < -0.39 is 0 Å². The fourth-order valence-corrected chi connectivity index (χ4v) is 4.81. The summed E-state index contributed by atoms with van der Waals surface area (Å²) in [6.07, 6.45) is 3.98. The van der Waals surface area contributed by atoms with Crippen LogP contribution in [-0.2, 0) is 0 Å². The predicted octanol–water partition coefficient (Wildman–Crippen LogP) is 5.49. The number of carbonyl (C=O) groups excluding carboxylic acids is 1. The number of methoxy groups -OCH3 is 1. The average Bonchev–Trinajstić information content (AvgIpc) is 3.28. The van der Waals surface area contributed by atoms with Crippen molar-refractivity contribution in [2.24, 2.45) is 0 Å². The van der Waals surface area contributed by atoms with Crippen LogP contribution < -0.4 is 15.0 Å². The van der Waals surface area contributed by atoms with E-state index in [1.54, 1.807) is 7.11 Å². The molecule has 2 aromatic carbocycles.